The Bertz CT molecular complexity index is 1590. The highest BCUT2D eigenvalue weighted by Gasteiger charge is 2.18. The maximum atomic E-state index is 13.3. The maximum absolute atomic E-state index is 13.3. The van der Waals surface area contributed by atoms with Crippen LogP contribution < -0.4 is 0 Å². The Morgan fingerprint density at radius 1 is 1.03 bits per heavy atom. The summed E-state index contributed by atoms with van der Waals surface area (Å²) in [5.41, 5.74) is 4.83. The molecule has 2 aromatic heterocycles. The molecule has 0 unspecified atom stereocenters. The van der Waals surface area contributed by atoms with Gasteiger partial charge in [0, 0.05) is 27.4 Å². The number of aryl methyl sites for hydroxylation is 2. The summed E-state index contributed by atoms with van der Waals surface area (Å²) in [5.74, 6) is -0.504. The van der Waals surface area contributed by atoms with Crippen LogP contribution in [-0.4, -0.2) is 20.6 Å². The monoisotopic (exact) mass is 512 g/mol. The van der Waals surface area contributed by atoms with Crippen molar-refractivity contribution >= 4 is 49.3 Å². The van der Waals surface area contributed by atoms with Crippen LogP contribution in [-0.2, 0) is 6.54 Å². The number of nitrogens with zero attached hydrogens (tertiary/aromatic N) is 4. The van der Waals surface area contributed by atoms with E-state index in [-0.39, 0.29) is 5.88 Å². The van der Waals surface area contributed by atoms with Crippen molar-refractivity contribution in [2.45, 2.75) is 20.4 Å². The van der Waals surface area contributed by atoms with Crippen molar-refractivity contribution in [1.82, 2.24) is 9.55 Å². The number of aromatic nitrogens is 2. The number of hydrogen-bond donors (Lipinski definition) is 1. The molecule has 1 amide bonds. The third kappa shape index (κ3) is 3.88. The van der Waals surface area contributed by atoms with Crippen molar-refractivity contribution in [2.24, 2.45) is 10.2 Å². The highest BCUT2D eigenvalue weighted by Crippen LogP contribution is 2.39. The normalized spacial score (nSPS) is 11.6. The van der Waals surface area contributed by atoms with Gasteiger partial charge in [0.1, 0.15) is 0 Å². The Labute approximate surface area is 204 Å². The van der Waals surface area contributed by atoms with Gasteiger partial charge in [-0.15, -0.1) is 10.2 Å². The maximum Gasteiger partial charge on any atom is 0.296 e. The van der Waals surface area contributed by atoms with E-state index < -0.39 is 5.91 Å². The SMILES string of the molecule is CCn1c(O)c(N=NC(=O)c2cc(-c3ccc(Br)cc3)nc3ccccc23)c2cc(C)ccc21. The average Bonchev–Trinajstić information content (AvgIpc) is 3.11. The van der Waals surface area contributed by atoms with E-state index in [1.165, 1.54) is 0 Å². The first-order valence-electron chi connectivity index (χ1n) is 10.9. The number of benzene rings is 3. The van der Waals surface area contributed by atoms with Crippen molar-refractivity contribution in [3.63, 3.8) is 0 Å². The van der Waals surface area contributed by atoms with Crippen molar-refractivity contribution in [1.29, 1.82) is 0 Å². The molecule has 0 aliphatic carbocycles. The molecule has 6 nitrogen and oxygen atoms in total. The van der Waals surface area contributed by atoms with Crippen molar-refractivity contribution in [3.8, 4) is 17.1 Å². The van der Waals surface area contributed by atoms with E-state index in [4.69, 9.17) is 4.98 Å². The fourth-order valence-corrected chi connectivity index (χ4v) is 4.39. The molecule has 5 aromatic rings. The predicted molar refractivity (Wildman–Crippen MR) is 138 cm³/mol. The molecular formula is C27H21BrN4O2. The minimum atomic E-state index is -0.499. The van der Waals surface area contributed by atoms with E-state index in [1.54, 1.807) is 10.6 Å². The van der Waals surface area contributed by atoms with Gasteiger partial charge in [-0.1, -0.05) is 57.9 Å². The largest absolute Gasteiger partial charge is 0.493 e. The molecule has 0 saturated heterocycles. The van der Waals surface area contributed by atoms with Crippen molar-refractivity contribution in [2.75, 3.05) is 0 Å². The van der Waals surface area contributed by atoms with Gasteiger partial charge in [-0.25, -0.2) is 4.98 Å². The van der Waals surface area contributed by atoms with Gasteiger partial charge >= 0.3 is 0 Å². The molecule has 0 atom stereocenters. The van der Waals surface area contributed by atoms with Gasteiger partial charge in [0.25, 0.3) is 5.91 Å². The Hall–Kier alpha value is -3.84. The number of halogens is 1. The molecule has 0 aliphatic rings. The summed E-state index contributed by atoms with van der Waals surface area (Å²) in [6, 6.07) is 22.8. The van der Waals surface area contributed by atoms with E-state index >= 15 is 0 Å². The van der Waals surface area contributed by atoms with E-state index in [0.29, 0.717) is 34.4 Å². The van der Waals surface area contributed by atoms with Gasteiger partial charge in [-0.2, -0.15) is 0 Å². The summed E-state index contributed by atoms with van der Waals surface area (Å²) in [4.78, 5) is 18.0. The minimum Gasteiger partial charge on any atom is -0.493 e. The van der Waals surface area contributed by atoms with Crippen LogP contribution in [0.3, 0.4) is 0 Å². The lowest BCUT2D eigenvalue weighted by atomic mass is 10.0. The van der Waals surface area contributed by atoms with Crippen LogP contribution in [0.15, 0.2) is 87.5 Å². The average molecular weight is 513 g/mol. The fraction of sp³-hybridized carbons (Fsp3) is 0.111. The summed E-state index contributed by atoms with van der Waals surface area (Å²) in [7, 11) is 0. The number of carbonyl (C=O) groups is 1. The number of azo groups is 1. The number of hydrogen-bond acceptors (Lipinski definition) is 4. The van der Waals surface area contributed by atoms with Crippen LogP contribution in [0.2, 0.25) is 0 Å². The molecule has 168 valence electrons. The summed E-state index contributed by atoms with van der Waals surface area (Å²) >= 11 is 3.45. The van der Waals surface area contributed by atoms with E-state index in [1.807, 2.05) is 80.6 Å². The topological polar surface area (TPSA) is 79.8 Å². The first-order valence-corrected chi connectivity index (χ1v) is 11.7. The number of para-hydroxylation sites is 1. The van der Waals surface area contributed by atoms with Crippen molar-refractivity contribution in [3.05, 3.63) is 88.4 Å². The molecule has 0 bridgehead atoms. The summed E-state index contributed by atoms with van der Waals surface area (Å²) < 4.78 is 2.71. The Morgan fingerprint density at radius 3 is 2.56 bits per heavy atom. The molecule has 0 saturated carbocycles. The second-order valence-corrected chi connectivity index (χ2v) is 8.94. The fourth-order valence-electron chi connectivity index (χ4n) is 4.13. The lowest BCUT2D eigenvalue weighted by Gasteiger charge is -2.07. The Kier molecular flexibility index (Phi) is 5.71. The molecule has 3 aromatic carbocycles. The van der Waals surface area contributed by atoms with Gasteiger partial charge in [0.15, 0.2) is 5.69 Å². The van der Waals surface area contributed by atoms with Crippen LogP contribution in [0.4, 0.5) is 5.69 Å². The molecule has 0 aliphatic heterocycles. The van der Waals surface area contributed by atoms with Crippen molar-refractivity contribution < 1.29 is 9.90 Å². The van der Waals surface area contributed by atoms with Gasteiger partial charge in [0.05, 0.1) is 22.3 Å². The quantitative estimate of drug-likeness (QED) is 0.252. The molecular weight excluding hydrogens is 492 g/mol. The number of fused-ring (bicyclic) bond motifs is 2. The Morgan fingerprint density at radius 2 is 1.79 bits per heavy atom. The standard InChI is InChI=1S/C27H21BrN4O2/c1-3-32-24-13-8-16(2)14-21(24)25(27(32)34)30-31-26(33)20-15-23(17-9-11-18(28)12-10-17)29-22-7-5-4-6-19(20)22/h4-15,34H,3H2,1-2H3. The third-order valence-corrected chi connectivity index (χ3v) is 6.34. The number of pyridine rings is 1. The van der Waals surface area contributed by atoms with Gasteiger partial charge < -0.3 is 9.67 Å². The zero-order valence-electron chi connectivity index (χ0n) is 18.7. The van der Waals surface area contributed by atoms with Crippen LogP contribution in [0.5, 0.6) is 5.88 Å². The van der Waals surface area contributed by atoms with E-state index in [2.05, 4.69) is 26.2 Å². The van der Waals surface area contributed by atoms with E-state index in [9.17, 15) is 9.90 Å². The first kappa shape index (κ1) is 22.0. The highest BCUT2D eigenvalue weighted by molar-refractivity contribution is 9.10. The van der Waals surface area contributed by atoms with Crippen LogP contribution in [0.25, 0.3) is 33.1 Å². The smallest absolute Gasteiger partial charge is 0.296 e. The summed E-state index contributed by atoms with van der Waals surface area (Å²) in [6.45, 7) is 4.48. The zero-order chi connectivity index (χ0) is 23.8. The first-order chi connectivity index (χ1) is 16.5. The molecule has 7 heteroatoms. The number of carbonyl (C=O) groups excluding carboxylic acids is 1. The van der Waals surface area contributed by atoms with E-state index in [0.717, 1.165) is 26.5 Å². The lowest BCUT2D eigenvalue weighted by Crippen LogP contribution is -1.99. The highest BCUT2D eigenvalue weighted by atomic mass is 79.9. The second kappa shape index (κ2) is 8.83. The zero-order valence-corrected chi connectivity index (χ0v) is 20.2. The molecule has 5 rings (SSSR count). The third-order valence-electron chi connectivity index (χ3n) is 5.81. The van der Waals surface area contributed by atoms with Gasteiger partial charge in [-0.05, 0) is 50.2 Å². The summed E-state index contributed by atoms with van der Waals surface area (Å²) in [6.07, 6.45) is 0. The molecule has 34 heavy (non-hydrogen) atoms. The number of rotatable bonds is 4. The van der Waals surface area contributed by atoms with Crippen LogP contribution >= 0.6 is 15.9 Å². The predicted octanol–water partition coefficient (Wildman–Crippen LogP) is 7.58. The second-order valence-electron chi connectivity index (χ2n) is 8.02. The molecule has 0 spiro atoms. The summed E-state index contributed by atoms with van der Waals surface area (Å²) in [5, 5.41) is 20.5. The minimum absolute atomic E-state index is 0.00483. The van der Waals surface area contributed by atoms with Crippen LogP contribution in [0, 0.1) is 6.92 Å². The van der Waals surface area contributed by atoms with Gasteiger partial charge in [-0.3, -0.25) is 4.79 Å². The molecule has 0 fully saturated rings. The molecule has 1 N–H and O–H groups in total. The van der Waals surface area contributed by atoms with Crippen LogP contribution in [0.1, 0.15) is 22.8 Å². The molecule has 0 radical (unpaired) electrons. The lowest BCUT2D eigenvalue weighted by molar-refractivity contribution is 0.0996. The Balaban J connectivity index is 1.61. The molecule has 2 heterocycles. The van der Waals surface area contributed by atoms with Gasteiger partial charge in [0.2, 0.25) is 5.88 Å². The number of amides is 1. The number of aromatic hydroxyl groups is 1.